The predicted octanol–water partition coefficient (Wildman–Crippen LogP) is 5.67. The van der Waals surface area contributed by atoms with Crippen molar-refractivity contribution in [1.82, 2.24) is 19.3 Å². The minimum absolute atomic E-state index is 0.148. The van der Waals surface area contributed by atoms with Gasteiger partial charge in [0.2, 0.25) is 0 Å². The monoisotopic (exact) mass is 526 g/mol. The summed E-state index contributed by atoms with van der Waals surface area (Å²) in [6.45, 7) is 5.34. The molecule has 4 aromatic rings. The quantitative estimate of drug-likeness (QED) is 0.228. The predicted molar refractivity (Wildman–Crippen MR) is 140 cm³/mol. The van der Waals surface area contributed by atoms with Gasteiger partial charge in [-0.3, -0.25) is 19.1 Å². The molecule has 180 valence electrons. The molecule has 0 fully saturated rings. The lowest BCUT2D eigenvalue weighted by Crippen LogP contribution is -2.28. The van der Waals surface area contributed by atoms with Crippen LogP contribution in [0.2, 0.25) is 4.34 Å². The molecule has 4 heterocycles. The van der Waals surface area contributed by atoms with Crippen molar-refractivity contribution >= 4 is 46.9 Å². The summed E-state index contributed by atoms with van der Waals surface area (Å²) in [4.78, 5) is 43.0. The largest absolute Gasteiger partial charge is 0.301 e. The van der Waals surface area contributed by atoms with Crippen LogP contribution < -0.4 is 5.56 Å². The molecule has 0 N–H and O–H groups in total. The summed E-state index contributed by atoms with van der Waals surface area (Å²) < 4.78 is 3.45. The van der Waals surface area contributed by atoms with Crippen molar-refractivity contribution in [2.45, 2.75) is 38.1 Å². The van der Waals surface area contributed by atoms with Crippen LogP contribution >= 0.6 is 34.7 Å². The number of rotatable bonds is 7. The topological polar surface area (TPSA) is 86.8 Å². The second-order valence-corrected chi connectivity index (χ2v) is 11.6. The first-order chi connectivity index (χ1) is 16.7. The van der Waals surface area contributed by atoms with E-state index in [0.717, 1.165) is 4.88 Å². The van der Waals surface area contributed by atoms with Crippen molar-refractivity contribution in [2.24, 2.45) is 5.41 Å². The highest BCUT2D eigenvalue weighted by Crippen LogP contribution is 2.35. The number of aldehydes is 1. The van der Waals surface area contributed by atoms with Gasteiger partial charge in [0.15, 0.2) is 0 Å². The zero-order chi connectivity index (χ0) is 25.2. The first-order valence-electron chi connectivity index (χ1n) is 10.8. The molecule has 0 bridgehead atoms. The van der Waals surface area contributed by atoms with Crippen LogP contribution in [0, 0.1) is 5.41 Å². The average Bonchev–Trinajstić information content (AvgIpc) is 3.44. The summed E-state index contributed by atoms with van der Waals surface area (Å²) in [6, 6.07) is 14.1. The van der Waals surface area contributed by atoms with Crippen molar-refractivity contribution in [3.8, 4) is 22.6 Å². The van der Waals surface area contributed by atoms with E-state index in [9.17, 15) is 14.4 Å². The summed E-state index contributed by atoms with van der Waals surface area (Å²) in [7, 11) is 0. The van der Waals surface area contributed by atoms with Gasteiger partial charge in [-0.1, -0.05) is 38.4 Å². The fraction of sp³-hybridized carbons (Fsp3) is 0.240. The number of hydrogen-bond donors (Lipinski definition) is 0. The molecule has 4 aromatic heterocycles. The maximum atomic E-state index is 13.3. The zero-order valence-electron chi connectivity index (χ0n) is 19.4. The standard InChI is InChI=1S/C25H23ClN4O3S2/c1-25(2,3)24(33)30-22(34-15-16-7-9-20(26)35-16)14-19(28-30)23-17(18-6-4-5-11-27-18)8-10-21(32)29(23)12-13-31/h4-11,13-14H,12,15H2,1-3H3. The number of halogens is 1. The van der Waals surface area contributed by atoms with Gasteiger partial charge in [-0.05, 0) is 30.3 Å². The van der Waals surface area contributed by atoms with Gasteiger partial charge in [0.05, 0.1) is 22.3 Å². The number of aromatic nitrogens is 4. The minimum atomic E-state index is -0.687. The van der Waals surface area contributed by atoms with E-state index in [2.05, 4.69) is 10.1 Å². The molecule has 0 aliphatic heterocycles. The van der Waals surface area contributed by atoms with Crippen LogP contribution in [0.3, 0.4) is 0 Å². The summed E-state index contributed by atoms with van der Waals surface area (Å²) in [5.41, 5.74) is 1.08. The Morgan fingerprint density at radius 3 is 2.57 bits per heavy atom. The summed E-state index contributed by atoms with van der Waals surface area (Å²) in [5, 5.41) is 5.28. The Morgan fingerprint density at radius 1 is 1.14 bits per heavy atom. The molecule has 0 atom stereocenters. The second-order valence-electron chi connectivity index (χ2n) is 8.76. The Labute approximate surface area is 215 Å². The van der Waals surface area contributed by atoms with Gasteiger partial charge < -0.3 is 4.79 Å². The Morgan fingerprint density at radius 2 is 1.94 bits per heavy atom. The highest BCUT2D eigenvalue weighted by molar-refractivity contribution is 7.98. The smallest absolute Gasteiger partial charge is 0.253 e. The van der Waals surface area contributed by atoms with Crippen molar-refractivity contribution in [3.63, 3.8) is 0 Å². The Hall–Kier alpha value is -3.01. The molecule has 0 saturated heterocycles. The fourth-order valence-corrected chi connectivity index (χ4v) is 5.58. The number of hydrogen-bond acceptors (Lipinski definition) is 7. The average molecular weight is 527 g/mol. The molecule has 0 aliphatic rings. The Kier molecular flexibility index (Phi) is 7.39. The van der Waals surface area contributed by atoms with E-state index in [0.29, 0.717) is 44.0 Å². The van der Waals surface area contributed by atoms with Crippen LogP contribution in [0.1, 0.15) is 30.4 Å². The molecule has 0 spiro atoms. The van der Waals surface area contributed by atoms with Crippen molar-refractivity contribution < 1.29 is 9.59 Å². The molecule has 10 heteroatoms. The number of thioether (sulfide) groups is 1. The van der Waals surface area contributed by atoms with Crippen LogP contribution in [0.25, 0.3) is 22.6 Å². The van der Waals surface area contributed by atoms with Crippen molar-refractivity contribution in [1.29, 1.82) is 0 Å². The molecule has 0 radical (unpaired) electrons. The molecule has 0 amide bonds. The maximum Gasteiger partial charge on any atom is 0.253 e. The van der Waals surface area contributed by atoms with Crippen LogP contribution in [0.5, 0.6) is 0 Å². The van der Waals surface area contributed by atoms with Gasteiger partial charge in [-0.2, -0.15) is 9.78 Å². The number of pyridine rings is 2. The molecular formula is C25H23ClN4O3S2. The van der Waals surface area contributed by atoms with E-state index < -0.39 is 5.41 Å². The lowest BCUT2D eigenvalue weighted by Gasteiger charge is -2.17. The fourth-order valence-electron chi connectivity index (χ4n) is 3.46. The number of thiophene rings is 1. The lowest BCUT2D eigenvalue weighted by atomic mass is 9.96. The van der Waals surface area contributed by atoms with Gasteiger partial charge in [0, 0.05) is 39.9 Å². The first-order valence-corrected chi connectivity index (χ1v) is 13.0. The molecule has 35 heavy (non-hydrogen) atoms. The highest BCUT2D eigenvalue weighted by Gasteiger charge is 2.28. The third-order valence-corrected chi connectivity index (χ3v) is 7.58. The van der Waals surface area contributed by atoms with Crippen LogP contribution in [-0.4, -0.2) is 31.5 Å². The van der Waals surface area contributed by atoms with E-state index in [1.54, 1.807) is 24.4 Å². The summed E-state index contributed by atoms with van der Waals surface area (Å²) >= 11 is 9.01. The van der Waals surface area contributed by atoms with Gasteiger partial charge in [-0.25, -0.2) is 0 Å². The molecule has 7 nitrogen and oxygen atoms in total. The lowest BCUT2D eigenvalue weighted by molar-refractivity contribution is -0.108. The summed E-state index contributed by atoms with van der Waals surface area (Å²) in [6.07, 6.45) is 2.32. The minimum Gasteiger partial charge on any atom is -0.301 e. The third kappa shape index (κ3) is 5.47. The Balaban J connectivity index is 1.90. The third-order valence-electron chi connectivity index (χ3n) is 5.13. The van der Waals surface area contributed by atoms with E-state index in [-0.39, 0.29) is 18.0 Å². The van der Waals surface area contributed by atoms with E-state index in [4.69, 9.17) is 11.6 Å². The molecule has 4 rings (SSSR count). The van der Waals surface area contributed by atoms with Crippen LogP contribution in [-0.2, 0) is 17.1 Å². The Bertz CT molecular complexity index is 1440. The summed E-state index contributed by atoms with van der Waals surface area (Å²) in [5.74, 6) is 0.415. The molecule has 0 aromatic carbocycles. The van der Waals surface area contributed by atoms with Gasteiger partial charge in [0.1, 0.15) is 17.0 Å². The number of carbonyl (C=O) groups is 2. The SMILES string of the molecule is CC(C)(C)C(=O)n1nc(-c2c(-c3ccccn3)ccc(=O)n2CC=O)cc1SCc1ccc(Cl)s1. The van der Waals surface area contributed by atoms with Crippen LogP contribution in [0.4, 0.5) is 0 Å². The van der Waals surface area contributed by atoms with Gasteiger partial charge in [-0.15, -0.1) is 23.1 Å². The van der Waals surface area contributed by atoms with Crippen LogP contribution in [0.15, 0.2) is 64.5 Å². The first kappa shape index (κ1) is 25.1. The van der Waals surface area contributed by atoms with Crippen molar-refractivity contribution in [2.75, 3.05) is 0 Å². The zero-order valence-corrected chi connectivity index (χ0v) is 21.8. The maximum absolute atomic E-state index is 13.3. The molecule has 0 saturated carbocycles. The normalized spacial score (nSPS) is 11.5. The molecular weight excluding hydrogens is 504 g/mol. The number of nitrogens with zero attached hydrogens (tertiary/aromatic N) is 4. The molecule has 0 aliphatic carbocycles. The van der Waals surface area contributed by atoms with Gasteiger partial charge >= 0.3 is 0 Å². The van der Waals surface area contributed by atoms with Crippen molar-refractivity contribution in [3.05, 3.63) is 74.3 Å². The van der Waals surface area contributed by atoms with E-state index >= 15 is 0 Å². The van der Waals surface area contributed by atoms with E-state index in [1.165, 1.54) is 38.4 Å². The molecule has 0 unspecified atom stereocenters. The number of carbonyl (C=O) groups excluding carboxylic acids is 2. The second kappa shape index (κ2) is 10.3. The van der Waals surface area contributed by atoms with E-state index in [1.807, 2.05) is 45.0 Å². The van der Waals surface area contributed by atoms with Gasteiger partial charge in [0.25, 0.3) is 11.5 Å². The highest BCUT2D eigenvalue weighted by atomic mass is 35.5.